The molecular weight excluding hydrogens is 264 g/mol. The number of amides is 1. The SMILES string of the molecule is NC1CCCC(C(=O)N2CCOC(c3ccccc3)C2)C1. The Balaban J connectivity index is 1.64. The highest BCUT2D eigenvalue weighted by atomic mass is 16.5. The van der Waals surface area contributed by atoms with Gasteiger partial charge in [-0.15, -0.1) is 0 Å². The molecule has 1 aromatic carbocycles. The van der Waals surface area contributed by atoms with Crippen molar-refractivity contribution in [3.05, 3.63) is 35.9 Å². The molecule has 4 heteroatoms. The molecule has 1 amide bonds. The van der Waals surface area contributed by atoms with Crippen LogP contribution in [0.4, 0.5) is 0 Å². The third-order valence-electron chi connectivity index (χ3n) is 4.61. The number of carbonyl (C=O) groups excluding carboxylic acids is 1. The van der Waals surface area contributed by atoms with E-state index in [1.54, 1.807) is 0 Å². The van der Waals surface area contributed by atoms with Crippen LogP contribution < -0.4 is 5.73 Å². The van der Waals surface area contributed by atoms with Crippen molar-refractivity contribution in [2.45, 2.75) is 37.8 Å². The second kappa shape index (κ2) is 6.58. The summed E-state index contributed by atoms with van der Waals surface area (Å²) in [5, 5.41) is 0. The predicted octanol–water partition coefficient (Wildman–Crippen LogP) is 2.10. The van der Waals surface area contributed by atoms with E-state index < -0.39 is 0 Å². The van der Waals surface area contributed by atoms with Gasteiger partial charge in [-0.05, 0) is 24.8 Å². The van der Waals surface area contributed by atoms with Crippen LogP contribution in [0.2, 0.25) is 0 Å². The zero-order chi connectivity index (χ0) is 14.7. The average Bonchev–Trinajstić information content (AvgIpc) is 2.55. The number of nitrogens with two attached hydrogens (primary N) is 1. The van der Waals surface area contributed by atoms with Gasteiger partial charge in [0.15, 0.2) is 0 Å². The van der Waals surface area contributed by atoms with Gasteiger partial charge >= 0.3 is 0 Å². The van der Waals surface area contributed by atoms with Crippen molar-refractivity contribution in [1.29, 1.82) is 0 Å². The molecule has 1 aromatic rings. The minimum absolute atomic E-state index is 0.00108. The maximum atomic E-state index is 12.7. The van der Waals surface area contributed by atoms with Gasteiger partial charge in [-0.1, -0.05) is 36.8 Å². The van der Waals surface area contributed by atoms with Crippen molar-refractivity contribution in [2.24, 2.45) is 11.7 Å². The van der Waals surface area contributed by atoms with Crippen LogP contribution >= 0.6 is 0 Å². The molecule has 3 unspecified atom stereocenters. The zero-order valence-corrected chi connectivity index (χ0v) is 12.4. The molecule has 114 valence electrons. The molecule has 1 saturated carbocycles. The molecule has 0 aromatic heterocycles. The lowest BCUT2D eigenvalue weighted by Gasteiger charge is -2.37. The highest BCUT2D eigenvalue weighted by molar-refractivity contribution is 5.79. The Bertz CT molecular complexity index is 477. The van der Waals surface area contributed by atoms with Gasteiger partial charge in [0.2, 0.25) is 5.91 Å². The fourth-order valence-electron chi connectivity index (χ4n) is 3.43. The second-order valence-electron chi connectivity index (χ2n) is 6.18. The summed E-state index contributed by atoms with van der Waals surface area (Å²) < 4.78 is 5.83. The molecule has 2 aliphatic rings. The maximum absolute atomic E-state index is 12.7. The molecular formula is C17H24N2O2. The first-order valence-electron chi connectivity index (χ1n) is 7.95. The lowest BCUT2D eigenvalue weighted by atomic mass is 9.85. The summed E-state index contributed by atoms with van der Waals surface area (Å²) in [7, 11) is 0. The topological polar surface area (TPSA) is 55.6 Å². The quantitative estimate of drug-likeness (QED) is 0.906. The lowest BCUT2D eigenvalue weighted by Crippen LogP contribution is -2.46. The van der Waals surface area contributed by atoms with Crippen LogP contribution in [-0.4, -0.2) is 36.5 Å². The van der Waals surface area contributed by atoms with E-state index in [0.717, 1.165) is 31.2 Å². The zero-order valence-electron chi connectivity index (χ0n) is 12.4. The van der Waals surface area contributed by atoms with Crippen LogP contribution in [0.5, 0.6) is 0 Å². The first-order chi connectivity index (χ1) is 10.2. The molecule has 1 aliphatic heterocycles. The monoisotopic (exact) mass is 288 g/mol. The van der Waals surface area contributed by atoms with Crippen molar-refractivity contribution >= 4 is 5.91 Å². The molecule has 3 rings (SSSR count). The maximum Gasteiger partial charge on any atom is 0.225 e. The smallest absolute Gasteiger partial charge is 0.225 e. The van der Waals surface area contributed by atoms with Gasteiger partial charge in [-0.25, -0.2) is 0 Å². The molecule has 21 heavy (non-hydrogen) atoms. The summed E-state index contributed by atoms with van der Waals surface area (Å²) in [5.74, 6) is 0.387. The van der Waals surface area contributed by atoms with E-state index in [1.165, 1.54) is 0 Å². The number of nitrogens with zero attached hydrogens (tertiary/aromatic N) is 1. The minimum Gasteiger partial charge on any atom is -0.370 e. The van der Waals surface area contributed by atoms with Gasteiger partial charge in [0.05, 0.1) is 13.2 Å². The Morgan fingerprint density at radius 1 is 1.24 bits per heavy atom. The lowest BCUT2D eigenvalue weighted by molar-refractivity contribution is -0.144. The Labute approximate surface area is 126 Å². The van der Waals surface area contributed by atoms with Crippen molar-refractivity contribution in [2.75, 3.05) is 19.7 Å². The minimum atomic E-state index is 0.00108. The third-order valence-corrected chi connectivity index (χ3v) is 4.61. The number of morpholine rings is 1. The molecule has 4 nitrogen and oxygen atoms in total. The van der Waals surface area contributed by atoms with Crippen LogP contribution in [-0.2, 0) is 9.53 Å². The van der Waals surface area contributed by atoms with Crippen LogP contribution in [0.25, 0.3) is 0 Å². The summed E-state index contributed by atoms with van der Waals surface area (Å²) in [4.78, 5) is 14.7. The van der Waals surface area contributed by atoms with Gasteiger partial charge < -0.3 is 15.4 Å². The Morgan fingerprint density at radius 2 is 2.05 bits per heavy atom. The summed E-state index contributed by atoms with van der Waals surface area (Å²) in [5.41, 5.74) is 7.16. The normalized spacial score (nSPS) is 30.1. The molecule has 3 atom stereocenters. The molecule has 0 bridgehead atoms. The molecule has 2 fully saturated rings. The first-order valence-corrected chi connectivity index (χ1v) is 7.95. The number of ether oxygens (including phenoxy) is 1. The van der Waals surface area contributed by atoms with E-state index in [-0.39, 0.29) is 24.0 Å². The highest BCUT2D eigenvalue weighted by Gasteiger charge is 2.32. The first kappa shape index (κ1) is 14.5. The summed E-state index contributed by atoms with van der Waals surface area (Å²) in [6.07, 6.45) is 3.96. The summed E-state index contributed by atoms with van der Waals surface area (Å²) in [6.45, 7) is 1.98. The second-order valence-corrected chi connectivity index (χ2v) is 6.18. The Hall–Kier alpha value is -1.39. The van der Waals surface area contributed by atoms with E-state index in [1.807, 2.05) is 23.1 Å². The third kappa shape index (κ3) is 3.44. The molecule has 1 aliphatic carbocycles. The fourth-order valence-corrected chi connectivity index (χ4v) is 3.43. The van der Waals surface area contributed by atoms with Crippen molar-refractivity contribution in [3.8, 4) is 0 Å². The van der Waals surface area contributed by atoms with E-state index in [4.69, 9.17) is 10.5 Å². The molecule has 0 radical (unpaired) electrons. The van der Waals surface area contributed by atoms with Crippen molar-refractivity contribution in [1.82, 2.24) is 4.90 Å². The van der Waals surface area contributed by atoms with E-state index in [0.29, 0.717) is 19.7 Å². The van der Waals surface area contributed by atoms with E-state index in [9.17, 15) is 4.79 Å². The standard InChI is InChI=1S/C17H24N2O2/c18-15-8-4-7-14(11-15)17(20)19-9-10-21-16(12-19)13-5-2-1-3-6-13/h1-3,5-6,14-16H,4,7-12,18H2. The Morgan fingerprint density at radius 3 is 2.81 bits per heavy atom. The number of carbonyl (C=O) groups is 1. The van der Waals surface area contributed by atoms with Crippen molar-refractivity contribution < 1.29 is 9.53 Å². The van der Waals surface area contributed by atoms with E-state index in [2.05, 4.69) is 12.1 Å². The van der Waals surface area contributed by atoms with Crippen LogP contribution in [0, 0.1) is 5.92 Å². The molecule has 0 spiro atoms. The highest BCUT2D eigenvalue weighted by Crippen LogP contribution is 2.28. The number of benzene rings is 1. The molecule has 1 saturated heterocycles. The predicted molar refractivity (Wildman–Crippen MR) is 81.6 cm³/mol. The van der Waals surface area contributed by atoms with Gasteiger partial charge in [0.25, 0.3) is 0 Å². The van der Waals surface area contributed by atoms with Crippen LogP contribution in [0.15, 0.2) is 30.3 Å². The number of rotatable bonds is 2. The van der Waals surface area contributed by atoms with Gasteiger partial charge in [0, 0.05) is 18.5 Å². The Kier molecular flexibility index (Phi) is 4.56. The van der Waals surface area contributed by atoms with Crippen molar-refractivity contribution in [3.63, 3.8) is 0 Å². The average molecular weight is 288 g/mol. The molecule has 1 heterocycles. The van der Waals surface area contributed by atoms with Gasteiger partial charge in [-0.2, -0.15) is 0 Å². The summed E-state index contributed by atoms with van der Waals surface area (Å²) >= 11 is 0. The fraction of sp³-hybridized carbons (Fsp3) is 0.588. The number of hydrogen-bond donors (Lipinski definition) is 1. The van der Waals surface area contributed by atoms with Crippen LogP contribution in [0.1, 0.15) is 37.4 Å². The van der Waals surface area contributed by atoms with Crippen LogP contribution in [0.3, 0.4) is 0 Å². The van der Waals surface area contributed by atoms with Gasteiger partial charge in [0.1, 0.15) is 6.10 Å². The molecule has 2 N–H and O–H groups in total. The largest absolute Gasteiger partial charge is 0.370 e. The number of hydrogen-bond acceptors (Lipinski definition) is 3. The summed E-state index contributed by atoms with van der Waals surface area (Å²) in [6, 6.07) is 10.3. The van der Waals surface area contributed by atoms with Gasteiger partial charge in [-0.3, -0.25) is 4.79 Å². The van der Waals surface area contributed by atoms with E-state index >= 15 is 0 Å².